The van der Waals surface area contributed by atoms with E-state index >= 15 is 0 Å². The van der Waals surface area contributed by atoms with E-state index in [1.807, 2.05) is 30.3 Å². The van der Waals surface area contributed by atoms with Crippen molar-refractivity contribution in [3.8, 4) is 5.75 Å². The fraction of sp³-hybridized carbons (Fsp3) is 0.269. The molecule has 3 aromatic carbocycles. The second-order valence-corrected chi connectivity index (χ2v) is 7.92. The van der Waals surface area contributed by atoms with Gasteiger partial charge in [0.15, 0.2) is 0 Å². The first-order valence-electron chi connectivity index (χ1n) is 10.5. The van der Waals surface area contributed by atoms with Gasteiger partial charge in [-0.2, -0.15) is 0 Å². The van der Waals surface area contributed by atoms with E-state index in [4.69, 9.17) is 0 Å². The lowest BCUT2D eigenvalue weighted by molar-refractivity contribution is 0.0173. The number of halogens is 3. The monoisotopic (exact) mass is 441 g/mol. The Bertz CT molecular complexity index is 1050. The van der Waals surface area contributed by atoms with E-state index in [0.29, 0.717) is 25.8 Å². The zero-order chi connectivity index (χ0) is 23.1. The molecule has 0 aromatic heterocycles. The Hall–Kier alpha value is -3.28. The topological polar surface area (TPSA) is 49.3 Å². The van der Waals surface area contributed by atoms with E-state index in [0.717, 1.165) is 24.6 Å². The fourth-order valence-electron chi connectivity index (χ4n) is 3.67. The number of aryl methyl sites for hydroxylation is 1. The first-order valence-corrected chi connectivity index (χ1v) is 10.5. The van der Waals surface area contributed by atoms with Crippen LogP contribution >= 0.6 is 0 Å². The van der Waals surface area contributed by atoms with Crippen LogP contribution in [0.5, 0.6) is 5.75 Å². The summed E-state index contributed by atoms with van der Waals surface area (Å²) < 4.78 is 41.4. The molecule has 0 bridgehead atoms. The van der Waals surface area contributed by atoms with E-state index in [-0.39, 0.29) is 34.3 Å². The number of phenols is 1. The lowest BCUT2D eigenvalue weighted by atomic mass is 9.91. The van der Waals surface area contributed by atoms with Crippen molar-refractivity contribution in [3.05, 3.63) is 101 Å². The van der Waals surface area contributed by atoms with Crippen LogP contribution in [0.2, 0.25) is 0 Å². The maximum atomic E-state index is 14.2. The highest BCUT2D eigenvalue weighted by molar-refractivity contribution is 5.96. The third-order valence-electron chi connectivity index (χ3n) is 5.48. The molecule has 0 spiro atoms. The van der Waals surface area contributed by atoms with Gasteiger partial charge >= 0.3 is 0 Å². The molecule has 2 N–H and O–H groups in total. The molecule has 0 fully saturated rings. The molecule has 0 heterocycles. The lowest BCUT2D eigenvalue weighted by Gasteiger charge is -2.19. The minimum atomic E-state index is -3.03. The average Bonchev–Trinajstić information content (AvgIpc) is 2.77. The second kappa shape index (κ2) is 10.4. The molecular formula is C26H26F3NO2. The van der Waals surface area contributed by atoms with Gasteiger partial charge in [0.05, 0.1) is 5.56 Å². The largest absolute Gasteiger partial charge is 0.507 e. The van der Waals surface area contributed by atoms with E-state index < -0.39 is 11.7 Å². The summed E-state index contributed by atoms with van der Waals surface area (Å²) in [6.07, 6.45) is 1.49. The molecule has 168 valence electrons. The molecular weight excluding hydrogens is 415 g/mol. The van der Waals surface area contributed by atoms with Crippen molar-refractivity contribution in [2.24, 2.45) is 0 Å². The fourth-order valence-corrected chi connectivity index (χ4v) is 3.67. The number of nitrogens with one attached hydrogen (secondary N) is 1. The van der Waals surface area contributed by atoms with E-state index in [9.17, 15) is 23.1 Å². The minimum Gasteiger partial charge on any atom is -0.507 e. The molecule has 1 unspecified atom stereocenters. The van der Waals surface area contributed by atoms with Gasteiger partial charge < -0.3 is 10.4 Å². The molecule has 3 nitrogen and oxygen atoms in total. The molecule has 1 atom stereocenters. The van der Waals surface area contributed by atoms with E-state index in [1.54, 1.807) is 18.2 Å². The zero-order valence-corrected chi connectivity index (χ0v) is 17.8. The van der Waals surface area contributed by atoms with Crippen molar-refractivity contribution in [2.75, 3.05) is 6.54 Å². The number of carbonyl (C=O) groups is 1. The Labute approximate surface area is 185 Å². The number of alkyl halides is 2. The van der Waals surface area contributed by atoms with Gasteiger partial charge in [0.2, 0.25) is 0 Å². The zero-order valence-electron chi connectivity index (χ0n) is 17.8. The average molecular weight is 441 g/mol. The summed E-state index contributed by atoms with van der Waals surface area (Å²) in [6, 6.07) is 19.3. The molecule has 32 heavy (non-hydrogen) atoms. The summed E-state index contributed by atoms with van der Waals surface area (Å²) in [5, 5.41) is 12.7. The number of amides is 1. The highest BCUT2D eigenvalue weighted by atomic mass is 19.3. The van der Waals surface area contributed by atoms with Gasteiger partial charge in [-0.15, -0.1) is 0 Å². The standard InChI is InChI=1S/C26H26F3NO2/c1-26(28,29)21-14-15-23(27)19(16-21)10-7-11-20(18-8-3-2-4-9-18)17-30-25(32)22-12-5-6-13-24(22)31/h2-6,8-9,12-16,20,31H,7,10-11,17H2,1H3,(H,30,32). The first-order chi connectivity index (χ1) is 15.3. The maximum Gasteiger partial charge on any atom is 0.270 e. The van der Waals surface area contributed by atoms with Crippen molar-refractivity contribution in [3.63, 3.8) is 0 Å². The van der Waals surface area contributed by atoms with Crippen LogP contribution in [0.1, 0.15) is 52.7 Å². The Morgan fingerprint density at radius 3 is 2.41 bits per heavy atom. The summed E-state index contributed by atoms with van der Waals surface area (Å²) in [5.41, 5.74) is 1.26. The quantitative estimate of drug-likeness (QED) is 0.417. The molecule has 3 rings (SSSR count). The van der Waals surface area contributed by atoms with Gasteiger partial charge in [-0.1, -0.05) is 48.5 Å². The van der Waals surface area contributed by atoms with Crippen LogP contribution in [-0.4, -0.2) is 17.6 Å². The van der Waals surface area contributed by atoms with Gasteiger partial charge in [-0.3, -0.25) is 4.79 Å². The summed E-state index contributed by atoms with van der Waals surface area (Å²) >= 11 is 0. The minimum absolute atomic E-state index is 0.0511. The molecule has 0 aliphatic heterocycles. The van der Waals surface area contributed by atoms with Crippen LogP contribution < -0.4 is 5.32 Å². The van der Waals surface area contributed by atoms with Gasteiger partial charge in [0.1, 0.15) is 11.6 Å². The van der Waals surface area contributed by atoms with Gasteiger partial charge in [-0.25, -0.2) is 13.2 Å². The molecule has 1 amide bonds. The van der Waals surface area contributed by atoms with Gasteiger partial charge in [0.25, 0.3) is 11.8 Å². The van der Waals surface area contributed by atoms with E-state index in [1.165, 1.54) is 12.1 Å². The van der Waals surface area contributed by atoms with Crippen LogP contribution in [0.15, 0.2) is 72.8 Å². The third-order valence-corrected chi connectivity index (χ3v) is 5.48. The molecule has 0 aliphatic rings. The number of rotatable bonds is 9. The molecule has 6 heteroatoms. The Morgan fingerprint density at radius 1 is 1.03 bits per heavy atom. The molecule has 0 radical (unpaired) electrons. The Kier molecular flexibility index (Phi) is 7.57. The SMILES string of the molecule is CC(F)(F)c1ccc(F)c(CCCC(CNC(=O)c2ccccc2O)c2ccccc2)c1. The number of benzene rings is 3. The highest BCUT2D eigenvalue weighted by Crippen LogP contribution is 2.29. The smallest absolute Gasteiger partial charge is 0.270 e. The molecule has 3 aromatic rings. The van der Waals surface area contributed by atoms with Crippen molar-refractivity contribution in [1.29, 1.82) is 0 Å². The van der Waals surface area contributed by atoms with E-state index in [2.05, 4.69) is 5.32 Å². The van der Waals surface area contributed by atoms with Crippen LogP contribution in [0.25, 0.3) is 0 Å². The van der Waals surface area contributed by atoms with Crippen molar-refractivity contribution >= 4 is 5.91 Å². The third kappa shape index (κ3) is 6.13. The van der Waals surface area contributed by atoms with Crippen molar-refractivity contribution < 1.29 is 23.1 Å². The summed E-state index contributed by atoms with van der Waals surface area (Å²) in [7, 11) is 0. The van der Waals surface area contributed by atoms with Crippen molar-refractivity contribution in [1.82, 2.24) is 5.32 Å². The highest BCUT2D eigenvalue weighted by Gasteiger charge is 2.25. The molecule has 0 saturated heterocycles. The van der Waals surface area contributed by atoms with Crippen molar-refractivity contribution in [2.45, 2.75) is 38.0 Å². The summed E-state index contributed by atoms with van der Waals surface area (Å²) in [5.74, 6) is -4.05. The number of carbonyl (C=O) groups excluding carboxylic acids is 1. The number of aromatic hydroxyl groups is 1. The molecule has 0 saturated carbocycles. The first kappa shape index (κ1) is 23.4. The predicted molar refractivity (Wildman–Crippen MR) is 119 cm³/mol. The summed E-state index contributed by atoms with van der Waals surface area (Å²) in [4.78, 5) is 12.5. The maximum absolute atomic E-state index is 14.2. The number of hydrogen-bond acceptors (Lipinski definition) is 2. The lowest BCUT2D eigenvalue weighted by Crippen LogP contribution is -2.28. The number of phenolic OH excluding ortho intramolecular Hbond substituents is 1. The summed E-state index contributed by atoms with van der Waals surface area (Å²) in [6.45, 7) is 1.12. The van der Waals surface area contributed by atoms with Crippen LogP contribution in [-0.2, 0) is 12.3 Å². The Morgan fingerprint density at radius 2 is 1.72 bits per heavy atom. The van der Waals surface area contributed by atoms with Crippen LogP contribution in [0, 0.1) is 5.82 Å². The second-order valence-electron chi connectivity index (χ2n) is 7.92. The predicted octanol–water partition coefficient (Wildman–Crippen LogP) is 6.18. The molecule has 0 aliphatic carbocycles. The number of para-hydroxylation sites is 1. The van der Waals surface area contributed by atoms with Gasteiger partial charge in [0, 0.05) is 24.9 Å². The van der Waals surface area contributed by atoms with Crippen LogP contribution in [0.4, 0.5) is 13.2 Å². The Balaban J connectivity index is 1.67. The normalized spacial score (nSPS) is 12.4. The number of hydrogen-bond donors (Lipinski definition) is 2. The van der Waals surface area contributed by atoms with Gasteiger partial charge in [-0.05, 0) is 54.7 Å². The van der Waals surface area contributed by atoms with Crippen LogP contribution in [0.3, 0.4) is 0 Å².